The SMILES string of the molecule is OC1CC(COCC2(c3cccc(C(F)(F)F)c3)CC2)=Nc2nc(C3=CCCC=C3)nn21. The number of aliphatic imine (C=N–C) groups is 1. The zero-order valence-electron chi connectivity index (χ0n) is 17.3. The van der Waals surface area contributed by atoms with Crippen molar-refractivity contribution < 1.29 is 23.0 Å². The fourth-order valence-corrected chi connectivity index (χ4v) is 4.13. The Bertz CT molecular complexity index is 1110. The first-order valence-corrected chi connectivity index (χ1v) is 10.7. The number of allylic oxidation sites excluding steroid dienone is 4. The molecule has 3 aliphatic rings. The molecule has 1 aromatic carbocycles. The molecule has 6 nitrogen and oxygen atoms in total. The molecule has 0 saturated heterocycles. The highest BCUT2D eigenvalue weighted by Gasteiger charge is 2.45. The van der Waals surface area contributed by atoms with Gasteiger partial charge in [0, 0.05) is 17.4 Å². The average Bonchev–Trinajstić information content (AvgIpc) is 3.44. The lowest BCUT2D eigenvalue weighted by Crippen LogP contribution is -2.24. The molecule has 0 bridgehead atoms. The van der Waals surface area contributed by atoms with Crippen molar-refractivity contribution in [2.24, 2.45) is 4.99 Å². The molecule has 1 atom stereocenters. The highest BCUT2D eigenvalue weighted by molar-refractivity contribution is 5.88. The molecule has 1 fully saturated rings. The van der Waals surface area contributed by atoms with Crippen LogP contribution in [0.15, 0.2) is 47.5 Å². The van der Waals surface area contributed by atoms with E-state index in [2.05, 4.69) is 27.2 Å². The molecular formula is C23H23F3N4O2. The van der Waals surface area contributed by atoms with Crippen LogP contribution in [0.25, 0.3) is 5.57 Å². The zero-order chi connectivity index (χ0) is 22.3. The van der Waals surface area contributed by atoms with Crippen molar-refractivity contribution in [3.8, 4) is 0 Å². The Morgan fingerprint density at radius 1 is 1.22 bits per heavy atom. The molecule has 168 valence electrons. The van der Waals surface area contributed by atoms with E-state index < -0.39 is 18.0 Å². The van der Waals surface area contributed by atoms with E-state index >= 15 is 0 Å². The lowest BCUT2D eigenvalue weighted by molar-refractivity contribution is -0.137. The number of hydrogen-bond acceptors (Lipinski definition) is 5. The zero-order valence-corrected chi connectivity index (χ0v) is 17.3. The van der Waals surface area contributed by atoms with Gasteiger partial charge >= 0.3 is 6.18 Å². The minimum absolute atomic E-state index is 0.183. The molecule has 32 heavy (non-hydrogen) atoms. The van der Waals surface area contributed by atoms with E-state index in [4.69, 9.17) is 4.74 Å². The minimum atomic E-state index is -4.36. The van der Waals surface area contributed by atoms with Gasteiger partial charge in [-0.05, 0) is 37.3 Å². The third kappa shape index (κ3) is 4.14. The van der Waals surface area contributed by atoms with Crippen LogP contribution in [0, 0.1) is 0 Å². The largest absolute Gasteiger partial charge is 0.416 e. The second kappa shape index (κ2) is 7.97. The molecule has 1 aliphatic heterocycles. The quantitative estimate of drug-likeness (QED) is 0.698. The van der Waals surface area contributed by atoms with Crippen molar-refractivity contribution in [2.45, 2.75) is 49.9 Å². The van der Waals surface area contributed by atoms with Crippen LogP contribution < -0.4 is 0 Å². The Balaban J connectivity index is 1.26. The van der Waals surface area contributed by atoms with Gasteiger partial charge in [0.2, 0.25) is 0 Å². The Labute approximate surface area is 183 Å². The van der Waals surface area contributed by atoms with Crippen LogP contribution in [0.2, 0.25) is 0 Å². The molecule has 1 N–H and O–H groups in total. The van der Waals surface area contributed by atoms with Crippen molar-refractivity contribution in [2.75, 3.05) is 13.2 Å². The molecular weight excluding hydrogens is 421 g/mol. The van der Waals surface area contributed by atoms with E-state index in [1.807, 2.05) is 6.08 Å². The fraction of sp³-hybridized carbons (Fsp3) is 0.435. The van der Waals surface area contributed by atoms with E-state index in [0.717, 1.165) is 37.3 Å². The van der Waals surface area contributed by atoms with Crippen molar-refractivity contribution in [1.82, 2.24) is 14.8 Å². The first-order chi connectivity index (χ1) is 15.3. The number of alkyl halides is 3. The lowest BCUT2D eigenvalue weighted by Gasteiger charge is -2.21. The van der Waals surface area contributed by atoms with Gasteiger partial charge in [-0.1, -0.05) is 36.4 Å². The summed E-state index contributed by atoms with van der Waals surface area (Å²) in [6.45, 7) is 0.488. The third-order valence-corrected chi connectivity index (χ3v) is 6.13. The molecule has 1 unspecified atom stereocenters. The lowest BCUT2D eigenvalue weighted by atomic mass is 9.95. The number of aromatic nitrogens is 3. The van der Waals surface area contributed by atoms with Crippen LogP contribution in [0.3, 0.4) is 0 Å². The van der Waals surface area contributed by atoms with Crippen molar-refractivity contribution in [3.05, 3.63) is 59.4 Å². The van der Waals surface area contributed by atoms with E-state index in [-0.39, 0.29) is 18.4 Å². The predicted octanol–water partition coefficient (Wildman–Crippen LogP) is 4.75. The second-order valence-electron chi connectivity index (χ2n) is 8.53. The van der Waals surface area contributed by atoms with Crippen LogP contribution in [-0.4, -0.2) is 38.8 Å². The van der Waals surface area contributed by atoms with E-state index in [0.29, 0.717) is 29.7 Å². The molecule has 9 heteroatoms. The smallest absolute Gasteiger partial charge is 0.375 e. The standard InChI is InChI=1S/C23H23F3N4O2/c24-23(25,26)17-8-4-7-16(11-17)22(9-10-22)14-32-13-18-12-19(31)30-21(27-18)28-20(29-30)15-5-2-1-3-6-15/h2,4-8,11,19,31H,1,3,9-10,12-14H2. The topological polar surface area (TPSA) is 72.5 Å². The first kappa shape index (κ1) is 21.1. The van der Waals surface area contributed by atoms with Gasteiger partial charge in [0.15, 0.2) is 12.1 Å². The first-order valence-electron chi connectivity index (χ1n) is 10.7. The Kier molecular flexibility index (Phi) is 5.25. The normalized spacial score (nSPS) is 21.7. The Morgan fingerprint density at radius 2 is 2.06 bits per heavy atom. The minimum Gasteiger partial charge on any atom is -0.375 e. The number of benzene rings is 1. The summed E-state index contributed by atoms with van der Waals surface area (Å²) in [6, 6.07) is 5.48. The highest BCUT2D eigenvalue weighted by atomic mass is 19.4. The number of ether oxygens (including phenoxy) is 1. The van der Waals surface area contributed by atoms with Gasteiger partial charge in [-0.25, -0.2) is 9.67 Å². The number of aliphatic hydroxyl groups is 1. The number of halogens is 3. The number of nitrogens with zero attached hydrogens (tertiary/aromatic N) is 4. The number of hydrogen-bond donors (Lipinski definition) is 1. The monoisotopic (exact) mass is 444 g/mol. The number of fused-ring (bicyclic) bond motifs is 1. The van der Waals surface area contributed by atoms with Crippen LogP contribution in [0.1, 0.15) is 55.3 Å². The van der Waals surface area contributed by atoms with E-state index in [1.165, 1.54) is 16.8 Å². The second-order valence-corrected chi connectivity index (χ2v) is 8.53. The molecule has 1 saturated carbocycles. The maximum atomic E-state index is 13.1. The van der Waals surface area contributed by atoms with Gasteiger partial charge in [-0.15, -0.1) is 5.10 Å². The Hall–Kier alpha value is -2.78. The predicted molar refractivity (Wildman–Crippen MR) is 113 cm³/mol. The van der Waals surface area contributed by atoms with Gasteiger partial charge in [-0.3, -0.25) is 0 Å². The van der Waals surface area contributed by atoms with E-state index in [9.17, 15) is 18.3 Å². The molecule has 2 aliphatic carbocycles. The van der Waals surface area contributed by atoms with Crippen molar-refractivity contribution in [3.63, 3.8) is 0 Å². The van der Waals surface area contributed by atoms with Gasteiger partial charge in [0.1, 0.15) is 0 Å². The summed E-state index contributed by atoms with van der Waals surface area (Å²) in [4.78, 5) is 8.94. The highest BCUT2D eigenvalue weighted by Crippen LogP contribution is 2.49. The summed E-state index contributed by atoms with van der Waals surface area (Å²) >= 11 is 0. The van der Waals surface area contributed by atoms with Crippen molar-refractivity contribution >= 4 is 17.2 Å². The molecule has 0 spiro atoms. The number of aliphatic hydroxyl groups excluding tert-OH is 1. The summed E-state index contributed by atoms with van der Waals surface area (Å²) in [5, 5.41) is 14.9. The van der Waals surface area contributed by atoms with Gasteiger partial charge in [-0.2, -0.15) is 18.2 Å². The summed E-state index contributed by atoms with van der Waals surface area (Å²) < 4.78 is 46.5. The van der Waals surface area contributed by atoms with Crippen LogP contribution in [-0.2, 0) is 16.3 Å². The number of rotatable bonds is 6. The molecule has 0 radical (unpaired) electrons. The third-order valence-electron chi connectivity index (χ3n) is 6.13. The van der Waals surface area contributed by atoms with Crippen LogP contribution in [0.4, 0.5) is 19.1 Å². The van der Waals surface area contributed by atoms with Crippen LogP contribution >= 0.6 is 0 Å². The van der Waals surface area contributed by atoms with E-state index in [1.54, 1.807) is 6.07 Å². The maximum absolute atomic E-state index is 13.1. The molecule has 2 aromatic rings. The summed E-state index contributed by atoms with van der Waals surface area (Å²) in [7, 11) is 0. The van der Waals surface area contributed by atoms with Crippen LogP contribution in [0.5, 0.6) is 0 Å². The summed E-state index contributed by atoms with van der Waals surface area (Å²) in [6.07, 6.45) is 4.58. The average molecular weight is 444 g/mol. The molecule has 2 heterocycles. The maximum Gasteiger partial charge on any atom is 0.416 e. The molecule has 5 rings (SSSR count). The van der Waals surface area contributed by atoms with Crippen molar-refractivity contribution in [1.29, 1.82) is 0 Å². The van der Waals surface area contributed by atoms with Gasteiger partial charge < -0.3 is 9.84 Å². The molecule has 0 amide bonds. The molecule has 1 aromatic heterocycles. The summed E-state index contributed by atoms with van der Waals surface area (Å²) in [5.41, 5.74) is 1.17. The Morgan fingerprint density at radius 3 is 2.78 bits per heavy atom. The summed E-state index contributed by atoms with van der Waals surface area (Å²) in [5.74, 6) is 0.860. The van der Waals surface area contributed by atoms with Gasteiger partial charge in [0.05, 0.1) is 24.5 Å². The fourth-order valence-electron chi connectivity index (χ4n) is 4.13. The van der Waals surface area contributed by atoms with Gasteiger partial charge in [0.25, 0.3) is 5.95 Å².